The van der Waals surface area contributed by atoms with E-state index in [1.54, 1.807) is 11.3 Å². The van der Waals surface area contributed by atoms with Crippen LogP contribution in [0.5, 0.6) is 0 Å². The average molecular weight is 281 g/mol. The number of ketones is 1. The summed E-state index contributed by atoms with van der Waals surface area (Å²) in [4.78, 5) is 17.4. The van der Waals surface area contributed by atoms with Gasteiger partial charge in [-0.2, -0.15) is 11.8 Å². The van der Waals surface area contributed by atoms with Crippen LogP contribution in [0, 0.1) is 0 Å². The molecule has 0 bridgehead atoms. The van der Waals surface area contributed by atoms with Crippen LogP contribution in [0.25, 0.3) is 0 Å². The standard InChI is InChI=1S/C14H19NOS2/c16-12-8-4-7-11-14(12)18-13(15-11)9-17-10-5-2-1-3-6-10/h10H,1-9H2. The molecule has 0 saturated heterocycles. The van der Waals surface area contributed by atoms with Crippen LogP contribution >= 0.6 is 23.1 Å². The number of carbonyl (C=O) groups is 1. The molecule has 1 aromatic heterocycles. The Morgan fingerprint density at radius 1 is 1.17 bits per heavy atom. The fraction of sp³-hybridized carbons (Fsp3) is 0.714. The van der Waals surface area contributed by atoms with Crippen LogP contribution in [0.4, 0.5) is 0 Å². The number of Topliss-reactive ketones (excluding diaryl/α,β-unsaturated/α-hetero) is 1. The van der Waals surface area contributed by atoms with Crippen molar-refractivity contribution in [2.75, 3.05) is 0 Å². The van der Waals surface area contributed by atoms with Gasteiger partial charge >= 0.3 is 0 Å². The number of thiazole rings is 1. The third-order valence-electron chi connectivity index (χ3n) is 3.81. The molecular formula is C14H19NOS2. The lowest BCUT2D eigenvalue weighted by Crippen LogP contribution is -2.08. The van der Waals surface area contributed by atoms with E-state index in [1.807, 2.05) is 0 Å². The Kier molecular flexibility index (Phi) is 4.04. The number of aryl methyl sites for hydroxylation is 1. The van der Waals surface area contributed by atoms with Crippen molar-refractivity contribution in [3.63, 3.8) is 0 Å². The van der Waals surface area contributed by atoms with Gasteiger partial charge in [0, 0.05) is 17.4 Å². The van der Waals surface area contributed by atoms with Crippen LogP contribution in [-0.2, 0) is 12.2 Å². The summed E-state index contributed by atoms with van der Waals surface area (Å²) in [5.41, 5.74) is 1.08. The van der Waals surface area contributed by atoms with Crippen molar-refractivity contribution in [2.24, 2.45) is 0 Å². The third-order valence-corrected chi connectivity index (χ3v) is 6.51. The van der Waals surface area contributed by atoms with Gasteiger partial charge in [0.05, 0.1) is 10.6 Å². The van der Waals surface area contributed by atoms with Crippen molar-refractivity contribution in [3.05, 3.63) is 15.6 Å². The van der Waals surface area contributed by atoms with Gasteiger partial charge in [0.1, 0.15) is 5.01 Å². The maximum absolute atomic E-state index is 11.8. The topological polar surface area (TPSA) is 30.0 Å². The fourth-order valence-corrected chi connectivity index (χ4v) is 5.22. The molecule has 2 aliphatic rings. The van der Waals surface area contributed by atoms with E-state index in [0.717, 1.165) is 40.8 Å². The Labute approximate surface area is 117 Å². The zero-order valence-corrected chi connectivity index (χ0v) is 12.2. The summed E-state index contributed by atoms with van der Waals surface area (Å²) in [6.45, 7) is 0. The minimum Gasteiger partial charge on any atom is -0.293 e. The number of hydrogen-bond donors (Lipinski definition) is 0. The predicted octanol–water partition coefficient (Wildman–Crippen LogP) is 4.23. The average Bonchev–Trinajstić information content (AvgIpc) is 2.82. The normalized spacial score (nSPS) is 21.0. The van der Waals surface area contributed by atoms with Gasteiger partial charge in [-0.25, -0.2) is 4.98 Å². The van der Waals surface area contributed by atoms with Gasteiger partial charge in [-0.15, -0.1) is 11.3 Å². The van der Waals surface area contributed by atoms with Crippen molar-refractivity contribution >= 4 is 28.9 Å². The van der Waals surface area contributed by atoms with Gasteiger partial charge in [-0.05, 0) is 25.7 Å². The van der Waals surface area contributed by atoms with Crippen LogP contribution in [0.1, 0.15) is 65.3 Å². The van der Waals surface area contributed by atoms with E-state index in [-0.39, 0.29) is 0 Å². The van der Waals surface area contributed by atoms with E-state index in [0.29, 0.717) is 5.78 Å². The lowest BCUT2D eigenvalue weighted by atomic mass is 10.0. The molecule has 1 fully saturated rings. The summed E-state index contributed by atoms with van der Waals surface area (Å²) in [5, 5.41) is 2.00. The van der Waals surface area contributed by atoms with Gasteiger partial charge in [-0.3, -0.25) is 4.79 Å². The largest absolute Gasteiger partial charge is 0.293 e. The SMILES string of the molecule is O=C1CCCc2nc(CSC3CCCCC3)sc21. The number of aromatic nitrogens is 1. The molecule has 1 heterocycles. The minimum absolute atomic E-state index is 0.322. The van der Waals surface area contributed by atoms with Crippen molar-refractivity contribution in [1.82, 2.24) is 4.98 Å². The molecule has 0 aliphatic heterocycles. The number of hydrogen-bond acceptors (Lipinski definition) is 4. The molecule has 0 aromatic carbocycles. The summed E-state index contributed by atoms with van der Waals surface area (Å²) in [5.74, 6) is 1.33. The number of thioether (sulfide) groups is 1. The van der Waals surface area contributed by atoms with Gasteiger partial charge in [0.2, 0.25) is 0 Å². The van der Waals surface area contributed by atoms with E-state index in [9.17, 15) is 4.79 Å². The second-order valence-electron chi connectivity index (χ2n) is 5.23. The molecule has 1 saturated carbocycles. The number of nitrogens with zero attached hydrogens (tertiary/aromatic N) is 1. The van der Waals surface area contributed by atoms with Gasteiger partial charge < -0.3 is 0 Å². The monoisotopic (exact) mass is 281 g/mol. The predicted molar refractivity (Wildman–Crippen MR) is 77.6 cm³/mol. The first kappa shape index (κ1) is 12.7. The highest BCUT2D eigenvalue weighted by molar-refractivity contribution is 7.99. The molecule has 0 unspecified atom stereocenters. The van der Waals surface area contributed by atoms with Gasteiger partial charge in [0.15, 0.2) is 5.78 Å². The molecule has 18 heavy (non-hydrogen) atoms. The molecule has 3 rings (SSSR count). The van der Waals surface area contributed by atoms with E-state index >= 15 is 0 Å². The Hall–Kier alpha value is -0.350. The second kappa shape index (κ2) is 5.74. The summed E-state index contributed by atoms with van der Waals surface area (Å²) < 4.78 is 0. The molecule has 0 atom stereocenters. The van der Waals surface area contributed by atoms with E-state index < -0.39 is 0 Å². The number of rotatable bonds is 3. The summed E-state index contributed by atoms with van der Waals surface area (Å²) >= 11 is 3.70. The molecule has 0 spiro atoms. The molecule has 98 valence electrons. The lowest BCUT2D eigenvalue weighted by molar-refractivity contribution is 0.0976. The second-order valence-corrected chi connectivity index (χ2v) is 7.60. The minimum atomic E-state index is 0.322. The Bertz CT molecular complexity index is 435. The molecule has 0 N–H and O–H groups in total. The maximum atomic E-state index is 11.8. The van der Waals surface area contributed by atoms with E-state index in [2.05, 4.69) is 16.7 Å². The lowest BCUT2D eigenvalue weighted by Gasteiger charge is -2.20. The highest BCUT2D eigenvalue weighted by atomic mass is 32.2. The van der Waals surface area contributed by atoms with E-state index in [4.69, 9.17) is 0 Å². The Morgan fingerprint density at radius 3 is 2.78 bits per heavy atom. The highest BCUT2D eigenvalue weighted by Gasteiger charge is 2.22. The smallest absolute Gasteiger partial charge is 0.174 e. The first-order chi connectivity index (χ1) is 8.83. The van der Waals surface area contributed by atoms with Gasteiger partial charge in [-0.1, -0.05) is 19.3 Å². The summed E-state index contributed by atoms with van der Waals surface area (Å²) in [6.07, 6.45) is 9.66. The molecule has 2 nitrogen and oxygen atoms in total. The Balaban J connectivity index is 1.61. The fourth-order valence-electron chi connectivity index (χ4n) is 2.80. The Morgan fingerprint density at radius 2 is 2.00 bits per heavy atom. The van der Waals surface area contributed by atoms with Crippen LogP contribution in [0.2, 0.25) is 0 Å². The summed E-state index contributed by atoms with van der Waals surface area (Å²) in [6, 6.07) is 0. The van der Waals surface area contributed by atoms with Crippen molar-refractivity contribution in [2.45, 2.75) is 62.4 Å². The van der Waals surface area contributed by atoms with Crippen LogP contribution in [-0.4, -0.2) is 16.0 Å². The zero-order valence-electron chi connectivity index (χ0n) is 10.6. The molecule has 0 amide bonds. The third kappa shape index (κ3) is 2.80. The zero-order chi connectivity index (χ0) is 12.4. The van der Waals surface area contributed by atoms with Crippen molar-refractivity contribution in [1.29, 1.82) is 0 Å². The number of carbonyl (C=O) groups excluding carboxylic acids is 1. The van der Waals surface area contributed by atoms with Gasteiger partial charge in [0.25, 0.3) is 0 Å². The number of fused-ring (bicyclic) bond motifs is 1. The molecule has 2 aliphatic carbocycles. The molecule has 0 radical (unpaired) electrons. The van der Waals surface area contributed by atoms with Crippen LogP contribution in [0.15, 0.2) is 0 Å². The summed E-state index contributed by atoms with van der Waals surface area (Å²) in [7, 11) is 0. The van der Waals surface area contributed by atoms with Crippen LogP contribution < -0.4 is 0 Å². The molecule has 1 aromatic rings. The quantitative estimate of drug-likeness (QED) is 0.830. The highest BCUT2D eigenvalue weighted by Crippen LogP contribution is 2.33. The van der Waals surface area contributed by atoms with Crippen molar-refractivity contribution in [3.8, 4) is 0 Å². The van der Waals surface area contributed by atoms with E-state index in [1.165, 1.54) is 37.1 Å². The molecular weight excluding hydrogens is 262 g/mol. The maximum Gasteiger partial charge on any atom is 0.174 e. The van der Waals surface area contributed by atoms with Crippen LogP contribution in [0.3, 0.4) is 0 Å². The first-order valence-electron chi connectivity index (χ1n) is 6.96. The van der Waals surface area contributed by atoms with Crippen molar-refractivity contribution < 1.29 is 4.79 Å². The molecule has 4 heteroatoms. The first-order valence-corrected chi connectivity index (χ1v) is 8.83.